The van der Waals surface area contributed by atoms with Gasteiger partial charge in [-0.05, 0) is 0 Å². The Morgan fingerprint density at radius 1 is 0.353 bits per heavy atom. The van der Waals surface area contributed by atoms with Crippen LogP contribution in [-0.2, 0) is 170 Å². The first-order valence-electron chi connectivity index (χ1n) is 27.3. The lowest BCUT2D eigenvalue weighted by atomic mass is 9.94. The van der Waals surface area contributed by atoms with Gasteiger partial charge < -0.3 is 118 Å². The second-order valence-corrected chi connectivity index (χ2v) is 29.4. The highest BCUT2D eigenvalue weighted by Gasteiger charge is 2.62. The number of methoxy groups -OCH3 is 1. The first kappa shape index (κ1) is 87.1. The Kier molecular flexibility index (Phi) is 28.8. The molecule has 6 saturated heterocycles. The lowest BCUT2D eigenvalue weighted by Crippen LogP contribution is -2.71. The van der Waals surface area contributed by atoms with Crippen LogP contribution in [0.5, 0.6) is 0 Å². The van der Waals surface area contributed by atoms with Crippen LogP contribution in [0.3, 0.4) is 0 Å². The van der Waals surface area contributed by atoms with Gasteiger partial charge in [-0.15, -0.1) is 0 Å². The average Bonchev–Trinajstić information content (AvgIpc) is 0.762. The summed E-state index contributed by atoms with van der Waals surface area (Å²) in [4.78, 5) is 50.9. The van der Waals surface area contributed by atoms with E-state index in [1.807, 2.05) is 5.32 Å². The molecule has 6 heterocycles. The van der Waals surface area contributed by atoms with Crippen LogP contribution in [0.25, 0.3) is 0 Å². The number of nitrogens with one attached hydrogen (secondary N) is 3. The van der Waals surface area contributed by atoms with E-state index in [1.54, 1.807) is 0 Å². The molecule has 0 aliphatic carbocycles. The summed E-state index contributed by atoms with van der Waals surface area (Å²) in [6, 6.07) is -8.17. The number of hydrogen-bond donors (Lipinski definition) is 21. The molecule has 0 radical (unpaired) electrons. The summed E-state index contributed by atoms with van der Waals surface area (Å²) < 4.78 is 326. The number of ether oxygens (including phenoxy) is 12. The van der Waals surface area contributed by atoms with E-state index < -0.39 is 300 Å². The predicted octanol–water partition coefficient (Wildman–Crippen LogP) is -15.1. The van der Waals surface area contributed by atoms with Crippen molar-refractivity contribution in [3.05, 3.63) is 0 Å². The maximum Gasteiger partial charge on any atom is 0.397 e. The number of aliphatic hydroxyl groups is 8. The van der Waals surface area contributed by atoms with Gasteiger partial charge in [-0.1, -0.05) is 0 Å². The Hall–Kier alpha value is -3.83. The number of aliphatic carboxylic acids is 3. The van der Waals surface area contributed by atoms with Gasteiger partial charge in [-0.25, -0.2) is 35.3 Å². The van der Waals surface area contributed by atoms with Crippen LogP contribution in [0.15, 0.2) is 0 Å². The van der Waals surface area contributed by atoms with Crippen LogP contribution in [0.1, 0.15) is 6.92 Å². The summed E-state index contributed by atoms with van der Waals surface area (Å²) in [7, 11) is -40.6. The highest BCUT2D eigenvalue weighted by molar-refractivity contribution is 7.84. The molecule has 0 unspecified atom stereocenters. The Bertz CT molecular complexity index is 3780. The summed E-state index contributed by atoms with van der Waals surface area (Å²) in [5.41, 5.74) is 0. The molecule has 6 aliphatic rings. The van der Waals surface area contributed by atoms with Crippen molar-refractivity contribution in [3.63, 3.8) is 0 Å². The van der Waals surface area contributed by atoms with Crippen LogP contribution in [0.4, 0.5) is 0 Å². The van der Waals surface area contributed by atoms with Gasteiger partial charge in [-0.3, -0.25) is 36.7 Å². The molecule has 30 atom stereocenters. The highest BCUT2D eigenvalue weighted by atomic mass is 32.3. The number of carboxylic acids is 3. The quantitative estimate of drug-likeness (QED) is 0.0278. The molecule has 102 heavy (non-hydrogen) atoms. The number of carbonyl (C=O) groups excluding carboxylic acids is 1. The van der Waals surface area contributed by atoms with Crippen molar-refractivity contribution in [2.45, 2.75) is 191 Å². The fourth-order valence-electron chi connectivity index (χ4n) is 10.6. The molecule has 63 heteroatoms. The third-order valence-corrected chi connectivity index (χ3v) is 18.0. The Morgan fingerprint density at radius 3 is 1.09 bits per heavy atom. The van der Waals surface area contributed by atoms with E-state index in [0.717, 1.165) is 18.8 Å². The van der Waals surface area contributed by atoms with E-state index in [4.69, 9.17) is 56.8 Å². The van der Waals surface area contributed by atoms with Gasteiger partial charge in [0.15, 0.2) is 62.2 Å². The molecule has 0 aromatic carbocycles. The van der Waals surface area contributed by atoms with E-state index >= 15 is 0 Å². The van der Waals surface area contributed by atoms with Crippen LogP contribution >= 0.6 is 0 Å². The largest absolute Gasteiger partial charge is 0.479 e. The maximum atomic E-state index is 13.1. The minimum absolute atomic E-state index is 0.723. The van der Waals surface area contributed by atoms with Gasteiger partial charge in [0.2, 0.25) is 5.91 Å². The SMILES string of the molecule is CO[C@H]1[C@H](O)[C@@H](O)[C@H](O[C@H]2[C@H](O)[C@@H](NC(C)=O)[C@@H](O[C@H]3[C@H](O)[C@@H](O)[C@H](O[C@H]4[C@H](OS(=O)(=O)O)[C@@H](NS(=O)(=O)O)[C@@H](O[C@H]5[C@H](O)[C@@H](OS(=O)(=O)O)[C@H](O[C@H]6[C@H](O)[C@@H](NS(=O)(=O)O)[C@H](O)O[C@@H]6COS(=O)(=O)O)O[C@H]5C(=O)O)O[C@@H]4COS(=O)(=O)O)O[C@@H]3C(=O)O)O[C@@H]2COS(=O)(=O)O)O[C@H]1C(=O)O. The van der Waals surface area contributed by atoms with Crippen LogP contribution in [-0.4, -0.2) is 382 Å². The smallest absolute Gasteiger partial charge is 0.397 e. The minimum atomic E-state index is -6.39. The highest BCUT2D eigenvalue weighted by Crippen LogP contribution is 2.39. The number of carbonyl (C=O) groups is 4. The first-order chi connectivity index (χ1) is 46.5. The molecule has 1 amide bonds. The summed E-state index contributed by atoms with van der Waals surface area (Å²) in [6.07, 6.45) is -75.6. The predicted molar refractivity (Wildman–Crippen MR) is 294 cm³/mol. The second kappa shape index (κ2) is 33.8. The molecule has 6 fully saturated rings. The standard InChI is InChI=1S/C39H63N3O53S7/c1-6(43)40-11-14(45)21(86-37-17(48)15(46)24(79-2)28(91-37)31(51)52)8(4-81-99(67,68)69)84-35(11)89-25-16(47)18(49)38(92-29(25)32(53)54)88-22-9(5-82-100(70,71)72)85-36(12(42-97(61,62)63)23(22)94-101(73,74)75)90-26-19(50)27(95-102(76,77)78)39(93-30(26)33(55)56)87-20-7(3-80-98(64,65)66)83-34(57)10(13(20)44)41-96(58,59)60/h7-30,34-39,41-42,44-50,57H,3-5H2,1-2H3,(H,40,43)(H,51,52)(H,53,54)(H,55,56)(H,58,59,60)(H,61,62,63)(H,64,65,66)(H,67,68,69)(H,70,71,72)(H,73,74,75)(H,76,77,78)/t7-,8-,9-,10-,11-,12-,13-,14-,15-,16-,17-,18-,19+,20-,21-,22-,23-,24+,25+,26+,27-,28-,29+,30-,34-,35-,36-,37-,38-,39-/m1/s1. The lowest BCUT2D eigenvalue weighted by molar-refractivity contribution is -0.376. The van der Waals surface area contributed by atoms with Gasteiger partial charge in [0.25, 0.3) is 0 Å². The zero-order valence-corrected chi connectivity index (χ0v) is 55.9. The third-order valence-electron chi connectivity index (χ3n) is 14.6. The maximum absolute atomic E-state index is 13.1. The molecule has 0 spiro atoms. The molecule has 0 aromatic rings. The topological polar surface area (TPSA) is 864 Å². The van der Waals surface area contributed by atoms with Gasteiger partial charge in [0.1, 0.15) is 122 Å². The van der Waals surface area contributed by atoms with Crippen molar-refractivity contribution in [1.82, 2.24) is 14.8 Å². The van der Waals surface area contributed by atoms with Crippen molar-refractivity contribution < 1.29 is 244 Å². The zero-order chi connectivity index (χ0) is 77.4. The molecule has 0 saturated carbocycles. The van der Waals surface area contributed by atoms with Crippen molar-refractivity contribution in [2.24, 2.45) is 0 Å². The molecular weight excluding hydrogens is 1580 g/mol. The van der Waals surface area contributed by atoms with E-state index in [2.05, 4.69) is 20.9 Å². The van der Waals surface area contributed by atoms with Gasteiger partial charge in [0, 0.05) is 14.0 Å². The summed E-state index contributed by atoms with van der Waals surface area (Å²) in [6.45, 7) is -4.52. The zero-order valence-electron chi connectivity index (χ0n) is 50.1. The van der Waals surface area contributed by atoms with Crippen molar-refractivity contribution >= 4 is 96.4 Å². The van der Waals surface area contributed by atoms with E-state index in [9.17, 15) is 166 Å². The van der Waals surface area contributed by atoms with Crippen molar-refractivity contribution in [1.29, 1.82) is 0 Å². The number of aliphatic hydroxyl groups excluding tert-OH is 8. The summed E-state index contributed by atoms with van der Waals surface area (Å²) in [5, 5.41) is 123. The minimum Gasteiger partial charge on any atom is -0.479 e. The summed E-state index contributed by atoms with van der Waals surface area (Å²) >= 11 is 0. The van der Waals surface area contributed by atoms with Gasteiger partial charge in [0.05, 0.1) is 19.8 Å². The monoisotopic (exact) mass is 1650 g/mol. The average molecular weight is 1650 g/mol. The lowest BCUT2D eigenvalue weighted by Gasteiger charge is -2.50. The molecule has 6 rings (SSSR count). The molecule has 21 N–H and O–H groups in total. The Morgan fingerprint density at radius 2 is 0.686 bits per heavy atom. The molecular formula is C39H63N3O53S7. The fraction of sp³-hybridized carbons (Fsp3) is 0.897. The fourth-order valence-corrected chi connectivity index (χ4v) is 13.7. The van der Waals surface area contributed by atoms with E-state index in [0.29, 0.717) is 0 Å². The number of amides is 1. The van der Waals surface area contributed by atoms with E-state index in [-0.39, 0.29) is 0 Å². The Balaban J connectivity index is 1.39. The normalized spacial score (nSPS) is 40.0. The molecule has 6 aliphatic heterocycles. The first-order valence-corrected chi connectivity index (χ1v) is 37.0. The van der Waals surface area contributed by atoms with Crippen LogP contribution in [0, 0.1) is 0 Å². The number of carboxylic acid groups (broad SMARTS) is 3. The van der Waals surface area contributed by atoms with Crippen molar-refractivity contribution in [3.8, 4) is 0 Å². The van der Waals surface area contributed by atoms with Crippen molar-refractivity contribution in [2.75, 3.05) is 26.9 Å². The molecule has 594 valence electrons. The van der Waals surface area contributed by atoms with E-state index in [1.165, 1.54) is 4.72 Å². The van der Waals surface area contributed by atoms with Gasteiger partial charge >= 0.3 is 90.5 Å². The molecule has 56 nitrogen and oxygen atoms in total. The Labute approximate surface area is 570 Å². The number of rotatable bonds is 32. The molecule has 0 aromatic heterocycles. The van der Waals surface area contributed by atoms with Crippen LogP contribution < -0.4 is 14.8 Å². The third kappa shape index (κ3) is 23.6. The number of hydrogen-bond acceptors (Lipinski definition) is 43. The second-order valence-electron chi connectivity index (χ2n) is 21.7. The van der Waals surface area contributed by atoms with Crippen LogP contribution in [0.2, 0.25) is 0 Å². The molecule has 0 bridgehead atoms. The summed E-state index contributed by atoms with van der Waals surface area (Å²) in [5.74, 6) is -7.99. The van der Waals surface area contributed by atoms with Gasteiger partial charge in [-0.2, -0.15) is 68.4 Å².